The van der Waals surface area contributed by atoms with E-state index in [2.05, 4.69) is 0 Å². The van der Waals surface area contributed by atoms with Gasteiger partial charge in [-0.15, -0.1) is 12.4 Å². The van der Waals surface area contributed by atoms with Crippen LogP contribution in [0.4, 0.5) is 8.78 Å². The SMILES string of the molecule is CCOC(=O)C1Cc2cc(S(=O)(=O)NCC(F)(F)CN)ccc2O1.Cl. The molecule has 11 heteroatoms. The highest BCUT2D eigenvalue weighted by molar-refractivity contribution is 7.89. The Kier molecular flexibility index (Phi) is 7.12. The Morgan fingerprint density at radius 1 is 1.48 bits per heavy atom. The average molecular weight is 401 g/mol. The van der Waals surface area contributed by atoms with Crippen molar-refractivity contribution in [2.24, 2.45) is 5.73 Å². The zero-order valence-electron chi connectivity index (χ0n) is 13.3. The third-order valence-corrected chi connectivity index (χ3v) is 4.78. The maximum Gasteiger partial charge on any atom is 0.347 e. The summed E-state index contributed by atoms with van der Waals surface area (Å²) in [5.74, 6) is -3.51. The molecule has 0 aliphatic carbocycles. The summed E-state index contributed by atoms with van der Waals surface area (Å²) in [5, 5.41) is 0. The topological polar surface area (TPSA) is 108 Å². The fourth-order valence-electron chi connectivity index (χ4n) is 2.11. The highest BCUT2D eigenvalue weighted by Gasteiger charge is 2.33. The number of carbonyl (C=O) groups excluding carboxylic acids is 1. The van der Waals surface area contributed by atoms with E-state index in [9.17, 15) is 22.0 Å². The Hall–Kier alpha value is -1.49. The molecule has 0 amide bonds. The van der Waals surface area contributed by atoms with Crippen LogP contribution in [-0.4, -0.2) is 46.1 Å². The minimum atomic E-state index is -4.13. The summed E-state index contributed by atoms with van der Waals surface area (Å²) in [7, 11) is -4.13. The van der Waals surface area contributed by atoms with Gasteiger partial charge >= 0.3 is 5.97 Å². The van der Waals surface area contributed by atoms with Crippen molar-refractivity contribution in [2.75, 3.05) is 19.7 Å². The van der Waals surface area contributed by atoms with Gasteiger partial charge in [0, 0.05) is 6.42 Å². The van der Waals surface area contributed by atoms with Gasteiger partial charge in [0.1, 0.15) is 5.75 Å². The molecule has 142 valence electrons. The number of sulfonamides is 1. The molecule has 2 rings (SSSR count). The monoisotopic (exact) mass is 400 g/mol. The van der Waals surface area contributed by atoms with Crippen molar-refractivity contribution in [3.05, 3.63) is 23.8 Å². The molecule has 1 heterocycles. The molecule has 1 atom stereocenters. The van der Waals surface area contributed by atoms with E-state index < -0.39 is 41.1 Å². The van der Waals surface area contributed by atoms with Crippen LogP contribution >= 0.6 is 12.4 Å². The van der Waals surface area contributed by atoms with E-state index >= 15 is 0 Å². The molecule has 0 aromatic heterocycles. The van der Waals surface area contributed by atoms with Gasteiger partial charge in [-0.25, -0.2) is 26.7 Å². The van der Waals surface area contributed by atoms with Crippen molar-refractivity contribution < 1.29 is 31.5 Å². The van der Waals surface area contributed by atoms with E-state index in [1.807, 2.05) is 4.72 Å². The number of rotatable bonds is 7. The quantitative estimate of drug-likeness (QED) is 0.657. The molecule has 1 unspecified atom stereocenters. The fourth-order valence-corrected chi connectivity index (χ4v) is 3.23. The lowest BCUT2D eigenvalue weighted by Gasteiger charge is -2.15. The van der Waals surface area contributed by atoms with Gasteiger partial charge in [-0.1, -0.05) is 0 Å². The summed E-state index contributed by atoms with van der Waals surface area (Å²) < 4.78 is 62.5. The van der Waals surface area contributed by atoms with Gasteiger partial charge in [0.05, 0.1) is 24.6 Å². The van der Waals surface area contributed by atoms with Gasteiger partial charge < -0.3 is 15.2 Å². The predicted octanol–water partition coefficient (Wildman–Crippen LogP) is 0.847. The number of hydrogen-bond donors (Lipinski definition) is 2. The molecule has 1 aromatic rings. The number of benzene rings is 1. The average Bonchev–Trinajstić information content (AvgIpc) is 2.97. The summed E-state index contributed by atoms with van der Waals surface area (Å²) in [5.41, 5.74) is 5.36. The van der Waals surface area contributed by atoms with Crippen LogP contribution in [0.5, 0.6) is 5.75 Å². The van der Waals surface area contributed by atoms with Crippen LogP contribution in [-0.2, 0) is 26.0 Å². The molecule has 1 aromatic carbocycles. The van der Waals surface area contributed by atoms with Gasteiger partial charge in [0.25, 0.3) is 5.92 Å². The predicted molar refractivity (Wildman–Crippen MR) is 87.6 cm³/mol. The Morgan fingerprint density at radius 2 is 2.16 bits per heavy atom. The van der Waals surface area contributed by atoms with Crippen LogP contribution < -0.4 is 15.2 Å². The van der Waals surface area contributed by atoms with Crippen LogP contribution in [0.3, 0.4) is 0 Å². The van der Waals surface area contributed by atoms with E-state index in [1.54, 1.807) is 6.92 Å². The lowest BCUT2D eigenvalue weighted by molar-refractivity contribution is -0.150. The summed E-state index contributed by atoms with van der Waals surface area (Å²) >= 11 is 0. The van der Waals surface area contributed by atoms with Crippen LogP contribution in [0.1, 0.15) is 12.5 Å². The van der Waals surface area contributed by atoms with E-state index in [1.165, 1.54) is 18.2 Å². The Morgan fingerprint density at radius 3 is 2.76 bits per heavy atom. The number of nitrogens with one attached hydrogen (secondary N) is 1. The van der Waals surface area contributed by atoms with E-state index in [4.69, 9.17) is 15.2 Å². The van der Waals surface area contributed by atoms with E-state index in [0.29, 0.717) is 11.3 Å². The van der Waals surface area contributed by atoms with Gasteiger partial charge in [0.15, 0.2) is 6.10 Å². The second-order valence-electron chi connectivity index (χ2n) is 5.22. The Labute approximate surface area is 150 Å². The molecule has 0 radical (unpaired) electrons. The Balaban J connectivity index is 0.00000312. The number of hydrogen-bond acceptors (Lipinski definition) is 6. The van der Waals surface area contributed by atoms with Crippen molar-refractivity contribution in [2.45, 2.75) is 30.3 Å². The van der Waals surface area contributed by atoms with Gasteiger partial charge in [-0.05, 0) is 30.7 Å². The summed E-state index contributed by atoms with van der Waals surface area (Å²) in [4.78, 5) is 11.5. The van der Waals surface area contributed by atoms with Crippen LogP contribution in [0.15, 0.2) is 23.1 Å². The highest BCUT2D eigenvalue weighted by atomic mass is 35.5. The first-order chi connectivity index (χ1) is 11.2. The Bertz CT molecular complexity index is 730. The molecular weight excluding hydrogens is 382 g/mol. The lowest BCUT2D eigenvalue weighted by Crippen LogP contribution is -2.41. The van der Waals surface area contributed by atoms with Crippen molar-refractivity contribution in [1.29, 1.82) is 0 Å². The van der Waals surface area contributed by atoms with Crippen LogP contribution in [0, 0.1) is 0 Å². The molecule has 3 N–H and O–H groups in total. The number of esters is 1. The van der Waals surface area contributed by atoms with Gasteiger partial charge in [-0.3, -0.25) is 0 Å². The maximum atomic E-state index is 13.1. The molecule has 0 spiro atoms. The van der Waals surface area contributed by atoms with Crippen molar-refractivity contribution in [3.8, 4) is 5.75 Å². The number of fused-ring (bicyclic) bond motifs is 1. The first-order valence-electron chi connectivity index (χ1n) is 7.22. The smallest absolute Gasteiger partial charge is 0.347 e. The molecule has 7 nitrogen and oxygen atoms in total. The number of carbonyl (C=O) groups is 1. The molecule has 0 saturated heterocycles. The van der Waals surface area contributed by atoms with Gasteiger partial charge in [-0.2, -0.15) is 0 Å². The minimum absolute atomic E-state index is 0. The summed E-state index contributed by atoms with van der Waals surface area (Å²) in [6.45, 7) is -0.193. The molecule has 0 bridgehead atoms. The third-order valence-electron chi connectivity index (χ3n) is 3.39. The zero-order valence-corrected chi connectivity index (χ0v) is 15.0. The number of alkyl halides is 2. The number of nitrogens with two attached hydrogens (primary N) is 1. The minimum Gasteiger partial charge on any atom is -0.478 e. The number of halogens is 3. The van der Waals surface area contributed by atoms with Crippen molar-refractivity contribution in [3.63, 3.8) is 0 Å². The molecule has 25 heavy (non-hydrogen) atoms. The first-order valence-corrected chi connectivity index (χ1v) is 8.70. The first kappa shape index (κ1) is 21.6. The summed E-state index contributed by atoms with van der Waals surface area (Å²) in [6, 6.07) is 3.89. The molecule has 0 saturated carbocycles. The molecule has 1 aliphatic rings. The molecule has 0 fully saturated rings. The summed E-state index contributed by atoms with van der Waals surface area (Å²) in [6.07, 6.45) is -0.691. The molecular formula is C14H19ClF2N2O5S. The zero-order chi connectivity index (χ0) is 18.0. The van der Waals surface area contributed by atoms with Crippen molar-refractivity contribution >= 4 is 28.4 Å². The molecule has 1 aliphatic heterocycles. The largest absolute Gasteiger partial charge is 0.478 e. The van der Waals surface area contributed by atoms with E-state index in [0.717, 1.165) is 0 Å². The second kappa shape index (κ2) is 8.26. The van der Waals surface area contributed by atoms with Crippen LogP contribution in [0.25, 0.3) is 0 Å². The van der Waals surface area contributed by atoms with E-state index in [-0.39, 0.29) is 30.3 Å². The van der Waals surface area contributed by atoms with Crippen molar-refractivity contribution in [1.82, 2.24) is 4.72 Å². The fraction of sp³-hybridized carbons (Fsp3) is 0.500. The van der Waals surface area contributed by atoms with Gasteiger partial charge in [0.2, 0.25) is 10.0 Å². The number of ether oxygens (including phenoxy) is 2. The third kappa shape index (κ3) is 5.24. The highest BCUT2D eigenvalue weighted by Crippen LogP contribution is 2.31. The normalized spacial score (nSPS) is 16.6. The maximum absolute atomic E-state index is 13.1. The van der Waals surface area contributed by atoms with Crippen LogP contribution in [0.2, 0.25) is 0 Å². The standard InChI is InChI=1S/C14H18F2N2O5S.ClH/c1-2-22-13(19)12-6-9-5-10(3-4-11(9)23-12)24(20,21)18-8-14(15,16)7-17;/h3-5,12,18H,2,6-8,17H2,1H3;1H. The lowest BCUT2D eigenvalue weighted by atomic mass is 10.1. The second-order valence-corrected chi connectivity index (χ2v) is 6.98.